The predicted octanol–water partition coefficient (Wildman–Crippen LogP) is 1.54. The van der Waals surface area contributed by atoms with Crippen molar-refractivity contribution in [3.8, 4) is 0 Å². The van der Waals surface area contributed by atoms with Crippen molar-refractivity contribution < 1.29 is 12.9 Å². The first-order chi connectivity index (χ1) is 10.1. The summed E-state index contributed by atoms with van der Waals surface area (Å²) in [6.07, 6.45) is 7.25. The number of sulfonamides is 1. The first-order valence-corrected chi connectivity index (χ1v) is 8.47. The Hall–Kier alpha value is -1.67. The van der Waals surface area contributed by atoms with Gasteiger partial charge in [-0.3, -0.25) is 4.68 Å². The minimum absolute atomic E-state index is 0.109. The van der Waals surface area contributed by atoms with E-state index in [1.807, 2.05) is 0 Å². The molecule has 0 saturated heterocycles. The van der Waals surface area contributed by atoms with Crippen LogP contribution in [-0.2, 0) is 23.6 Å². The summed E-state index contributed by atoms with van der Waals surface area (Å²) in [4.78, 5) is 0.278. The second-order valence-corrected chi connectivity index (χ2v) is 7.08. The van der Waals surface area contributed by atoms with Gasteiger partial charge in [0.15, 0.2) is 0 Å². The number of rotatable bonds is 5. The molecule has 1 aliphatic carbocycles. The molecule has 1 N–H and O–H groups in total. The lowest BCUT2D eigenvalue weighted by Crippen LogP contribution is -2.24. The second-order valence-electron chi connectivity index (χ2n) is 5.35. The van der Waals surface area contributed by atoms with E-state index in [2.05, 4.69) is 15.0 Å². The van der Waals surface area contributed by atoms with Crippen molar-refractivity contribution in [2.75, 3.05) is 0 Å². The van der Waals surface area contributed by atoms with Crippen LogP contribution in [0.15, 0.2) is 27.9 Å². The van der Waals surface area contributed by atoms with Gasteiger partial charge in [-0.05, 0) is 12.8 Å². The molecule has 0 radical (unpaired) electrons. The highest BCUT2D eigenvalue weighted by molar-refractivity contribution is 7.89. The zero-order valence-corrected chi connectivity index (χ0v) is 12.6. The smallest absolute Gasteiger partial charge is 0.244 e. The Bertz CT molecular complexity index is 700. The van der Waals surface area contributed by atoms with E-state index in [4.69, 9.17) is 4.52 Å². The van der Waals surface area contributed by atoms with Crippen molar-refractivity contribution in [3.05, 3.63) is 29.9 Å². The molecule has 114 valence electrons. The fourth-order valence-corrected chi connectivity index (χ4v) is 4.02. The van der Waals surface area contributed by atoms with Crippen LogP contribution in [0.4, 0.5) is 0 Å². The Morgan fingerprint density at radius 3 is 2.86 bits per heavy atom. The van der Waals surface area contributed by atoms with E-state index in [9.17, 15) is 8.42 Å². The molecule has 0 spiro atoms. The molecule has 0 aromatic carbocycles. The molecule has 2 aromatic heterocycles. The molecule has 0 aliphatic heterocycles. The molecule has 1 saturated carbocycles. The molecular weight excluding hydrogens is 292 g/mol. The van der Waals surface area contributed by atoms with Gasteiger partial charge in [-0.2, -0.15) is 5.10 Å². The topological polar surface area (TPSA) is 90.0 Å². The van der Waals surface area contributed by atoms with E-state index in [0.29, 0.717) is 11.4 Å². The molecule has 0 bridgehead atoms. The summed E-state index contributed by atoms with van der Waals surface area (Å²) in [6.45, 7) is 0.109. The van der Waals surface area contributed by atoms with Crippen molar-refractivity contribution in [3.63, 3.8) is 0 Å². The number of aromatic nitrogens is 3. The van der Waals surface area contributed by atoms with Crippen molar-refractivity contribution >= 4 is 10.0 Å². The average molecular weight is 310 g/mol. The largest absolute Gasteiger partial charge is 0.364 e. The van der Waals surface area contributed by atoms with Crippen LogP contribution in [0.1, 0.15) is 43.0 Å². The molecule has 21 heavy (non-hydrogen) atoms. The minimum atomic E-state index is -3.60. The van der Waals surface area contributed by atoms with Gasteiger partial charge < -0.3 is 4.52 Å². The van der Waals surface area contributed by atoms with Crippen LogP contribution in [-0.4, -0.2) is 23.4 Å². The lowest BCUT2D eigenvalue weighted by atomic mass is 10.1. The van der Waals surface area contributed by atoms with Gasteiger partial charge >= 0.3 is 0 Å². The first kappa shape index (κ1) is 14.3. The zero-order chi connectivity index (χ0) is 14.9. The first-order valence-electron chi connectivity index (χ1n) is 6.99. The van der Waals surface area contributed by atoms with Gasteiger partial charge in [-0.15, -0.1) is 0 Å². The maximum Gasteiger partial charge on any atom is 0.244 e. The Balaban J connectivity index is 1.84. The fraction of sp³-hybridized carbons (Fsp3) is 0.538. The Morgan fingerprint density at radius 1 is 1.43 bits per heavy atom. The standard InChI is InChI=1S/C13H18N4O3S/c1-17-9-12(13(15-17)10-4-2-3-5-10)21(18,19)14-8-11-6-7-20-16-11/h6-7,9-10,14H,2-5,8H2,1H3. The minimum Gasteiger partial charge on any atom is -0.364 e. The van der Waals surface area contributed by atoms with Gasteiger partial charge in [0.2, 0.25) is 10.0 Å². The van der Waals surface area contributed by atoms with Crippen molar-refractivity contribution in [2.45, 2.75) is 43.0 Å². The highest BCUT2D eigenvalue weighted by atomic mass is 32.2. The van der Waals surface area contributed by atoms with E-state index in [1.165, 1.54) is 6.26 Å². The van der Waals surface area contributed by atoms with Crippen LogP contribution >= 0.6 is 0 Å². The summed E-state index contributed by atoms with van der Waals surface area (Å²) in [5.74, 6) is 0.241. The van der Waals surface area contributed by atoms with E-state index >= 15 is 0 Å². The lowest BCUT2D eigenvalue weighted by Gasteiger charge is -2.09. The third-order valence-electron chi connectivity index (χ3n) is 3.79. The number of hydrogen-bond donors (Lipinski definition) is 1. The fourth-order valence-electron chi connectivity index (χ4n) is 2.75. The van der Waals surface area contributed by atoms with Crippen LogP contribution < -0.4 is 4.72 Å². The quantitative estimate of drug-likeness (QED) is 0.904. The number of nitrogens with zero attached hydrogens (tertiary/aromatic N) is 3. The Morgan fingerprint density at radius 2 is 2.19 bits per heavy atom. The van der Waals surface area contributed by atoms with Gasteiger partial charge in [-0.1, -0.05) is 18.0 Å². The summed E-state index contributed by atoms with van der Waals surface area (Å²) in [6, 6.07) is 1.63. The van der Waals surface area contributed by atoms with Crippen LogP contribution in [0.25, 0.3) is 0 Å². The Kier molecular flexibility index (Phi) is 3.81. The molecule has 0 unspecified atom stereocenters. The maximum atomic E-state index is 12.5. The van der Waals surface area contributed by atoms with Gasteiger partial charge in [0.25, 0.3) is 0 Å². The maximum absolute atomic E-state index is 12.5. The Labute approximate surface area is 123 Å². The van der Waals surface area contributed by atoms with Gasteiger partial charge in [0, 0.05) is 25.2 Å². The molecule has 3 rings (SSSR count). The molecule has 2 heterocycles. The van der Waals surface area contributed by atoms with E-state index in [1.54, 1.807) is 24.0 Å². The average Bonchev–Trinajstić information content (AvgIpc) is 3.17. The molecular formula is C13H18N4O3S. The molecule has 0 amide bonds. The van der Waals surface area contributed by atoms with Gasteiger partial charge in [0.05, 0.1) is 17.9 Å². The number of aryl methyl sites for hydroxylation is 1. The van der Waals surface area contributed by atoms with Crippen LogP contribution in [0.5, 0.6) is 0 Å². The van der Waals surface area contributed by atoms with Crippen LogP contribution in [0.3, 0.4) is 0 Å². The van der Waals surface area contributed by atoms with Crippen molar-refractivity contribution in [2.24, 2.45) is 7.05 Å². The summed E-state index contributed by atoms with van der Waals surface area (Å²) >= 11 is 0. The van der Waals surface area contributed by atoms with Crippen molar-refractivity contribution in [1.29, 1.82) is 0 Å². The normalized spacial score (nSPS) is 16.6. The monoisotopic (exact) mass is 310 g/mol. The lowest BCUT2D eigenvalue weighted by molar-refractivity contribution is 0.411. The summed E-state index contributed by atoms with van der Waals surface area (Å²) in [7, 11) is -1.85. The van der Waals surface area contributed by atoms with E-state index in [0.717, 1.165) is 25.7 Å². The molecule has 8 heteroatoms. The summed E-state index contributed by atoms with van der Waals surface area (Å²) in [5, 5.41) is 8.06. The van der Waals surface area contributed by atoms with Crippen molar-refractivity contribution in [1.82, 2.24) is 19.7 Å². The van der Waals surface area contributed by atoms with Gasteiger partial charge in [-0.25, -0.2) is 13.1 Å². The number of hydrogen-bond acceptors (Lipinski definition) is 5. The summed E-state index contributed by atoms with van der Waals surface area (Å²) in [5.41, 5.74) is 1.23. The third-order valence-corrected chi connectivity index (χ3v) is 5.21. The summed E-state index contributed by atoms with van der Waals surface area (Å²) < 4.78 is 33.8. The molecule has 0 atom stereocenters. The highest BCUT2D eigenvalue weighted by Gasteiger charge is 2.29. The van der Waals surface area contributed by atoms with Crippen LogP contribution in [0, 0.1) is 0 Å². The SMILES string of the molecule is Cn1cc(S(=O)(=O)NCc2ccon2)c(C2CCCC2)n1. The number of nitrogens with one attached hydrogen (secondary N) is 1. The molecule has 1 fully saturated rings. The third kappa shape index (κ3) is 3.01. The predicted molar refractivity (Wildman–Crippen MR) is 74.9 cm³/mol. The molecule has 7 nitrogen and oxygen atoms in total. The second kappa shape index (κ2) is 5.61. The van der Waals surface area contributed by atoms with E-state index in [-0.39, 0.29) is 17.4 Å². The van der Waals surface area contributed by atoms with Crippen LogP contribution in [0.2, 0.25) is 0 Å². The zero-order valence-electron chi connectivity index (χ0n) is 11.8. The molecule has 1 aliphatic rings. The highest BCUT2D eigenvalue weighted by Crippen LogP contribution is 2.36. The molecule has 2 aromatic rings. The van der Waals surface area contributed by atoms with E-state index < -0.39 is 10.0 Å². The van der Waals surface area contributed by atoms with Gasteiger partial charge in [0.1, 0.15) is 11.2 Å².